The van der Waals surface area contributed by atoms with Gasteiger partial charge in [0.1, 0.15) is 6.10 Å². The van der Waals surface area contributed by atoms with Crippen LogP contribution in [0.5, 0.6) is 0 Å². The maximum Gasteiger partial charge on any atom is 0.416 e. The molecule has 0 spiro atoms. The van der Waals surface area contributed by atoms with Crippen LogP contribution in [0.4, 0.5) is 50.0 Å². The minimum atomic E-state index is -5.12. The van der Waals surface area contributed by atoms with E-state index in [2.05, 4.69) is 4.90 Å². The van der Waals surface area contributed by atoms with E-state index in [0.29, 0.717) is 29.8 Å². The zero-order valence-electron chi connectivity index (χ0n) is 23.9. The highest BCUT2D eigenvalue weighted by molar-refractivity contribution is 5.74. The van der Waals surface area contributed by atoms with Gasteiger partial charge in [-0.25, -0.2) is 4.79 Å². The molecule has 3 aromatic carbocycles. The molecule has 1 heterocycles. The Labute approximate surface area is 248 Å². The molecular formula is C31H29F9N2O2. The SMILES string of the molecule is CCCN(CC)c1cccc(-c2ccc(C(F)(F)F)cc2CN2C(=O)O[C@H](c3cc(C(F)(F)F)cc(C(F)(F)F)c3)[C@@H]2C)c1. The molecule has 0 aliphatic carbocycles. The van der Waals surface area contributed by atoms with E-state index < -0.39 is 65.6 Å². The fourth-order valence-electron chi connectivity index (χ4n) is 5.28. The Morgan fingerprint density at radius 2 is 1.41 bits per heavy atom. The van der Waals surface area contributed by atoms with Crippen molar-refractivity contribution in [1.82, 2.24) is 4.90 Å². The number of nitrogens with zero attached hydrogens (tertiary/aromatic N) is 2. The van der Waals surface area contributed by atoms with E-state index in [1.165, 1.54) is 13.0 Å². The summed E-state index contributed by atoms with van der Waals surface area (Å²) in [7, 11) is 0. The molecule has 0 saturated carbocycles. The lowest BCUT2D eigenvalue weighted by atomic mass is 9.95. The minimum absolute atomic E-state index is 0.0358. The Balaban J connectivity index is 1.75. The minimum Gasteiger partial charge on any atom is -0.439 e. The summed E-state index contributed by atoms with van der Waals surface area (Å²) in [6.07, 6.45) is -16.7. The normalized spacial score (nSPS) is 17.6. The third-order valence-corrected chi connectivity index (χ3v) is 7.50. The summed E-state index contributed by atoms with van der Waals surface area (Å²) in [4.78, 5) is 16.0. The number of benzene rings is 3. The van der Waals surface area contributed by atoms with E-state index in [-0.39, 0.29) is 11.6 Å². The molecule has 0 aromatic heterocycles. The molecule has 2 atom stereocenters. The largest absolute Gasteiger partial charge is 0.439 e. The predicted molar refractivity (Wildman–Crippen MR) is 146 cm³/mol. The number of ether oxygens (including phenoxy) is 1. The molecule has 1 amide bonds. The molecule has 1 fully saturated rings. The first-order chi connectivity index (χ1) is 20.4. The van der Waals surface area contributed by atoms with Crippen LogP contribution < -0.4 is 4.90 Å². The molecule has 238 valence electrons. The molecule has 3 aromatic rings. The number of cyclic esters (lactones) is 1. The average molecular weight is 633 g/mol. The van der Waals surface area contributed by atoms with Crippen LogP contribution in [0.25, 0.3) is 11.1 Å². The van der Waals surface area contributed by atoms with E-state index in [0.717, 1.165) is 35.7 Å². The molecule has 0 unspecified atom stereocenters. The van der Waals surface area contributed by atoms with Gasteiger partial charge in [0.15, 0.2) is 0 Å². The molecular weight excluding hydrogens is 603 g/mol. The van der Waals surface area contributed by atoms with Crippen molar-refractivity contribution in [3.8, 4) is 11.1 Å². The van der Waals surface area contributed by atoms with Crippen molar-refractivity contribution in [1.29, 1.82) is 0 Å². The lowest BCUT2D eigenvalue weighted by molar-refractivity contribution is -0.143. The summed E-state index contributed by atoms with van der Waals surface area (Å²) >= 11 is 0. The fourth-order valence-corrected chi connectivity index (χ4v) is 5.28. The molecule has 4 rings (SSSR count). The molecule has 0 N–H and O–H groups in total. The van der Waals surface area contributed by atoms with Crippen LogP contribution in [-0.4, -0.2) is 30.1 Å². The van der Waals surface area contributed by atoms with Crippen molar-refractivity contribution in [2.75, 3.05) is 18.0 Å². The van der Waals surface area contributed by atoms with E-state index >= 15 is 0 Å². The van der Waals surface area contributed by atoms with Crippen molar-refractivity contribution in [3.05, 3.63) is 88.5 Å². The second-order valence-electron chi connectivity index (χ2n) is 10.5. The zero-order valence-corrected chi connectivity index (χ0v) is 23.9. The summed E-state index contributed by atoms with van der Waals surface area (Å²) in [5.41, 5.74) is -2.85. The zero-order chi connectivity index (χ0) is 32.6. The smallest absolute Gasteiger partial charge is 0.416 e. The molecule has 1 aliphatic rings. The van der Waals surface area contributed by atoms with Gasteiger partial charge in [0, 0.05) is 18.8 Å². The quantitative estimate of drug-likeness (QED) is 0.232. The molecule has 0 radical (unpaired) electrons. The van der Waals surface area contributed by atoms with Gasteiger partial charge in [-0.1, -0.05) is 25.1 Å². The van der Waals surface area contributed by atoms with Crippen LogP contribution in [0, 0.1) is 0 Å². The number of carbonyl (C=O) groups excluding carboxylic acids is 1. The molecule has 1 aliphatic heterocycles. The van der Waals surface area contributed by atoms with E-state index in [9.17, 15) is 44.3 Å². The first-order valence-corrected chi connectivity index (χ1v) is 13.8. The number of halogens is 9. The predicted octanol–water partition coefficient (Wildman–Crippen LogP) is 9.73. The molecule has 13 heteroatoms. The fraction of sp³-hybridized carbons (Fsp3) is 0.387. The van der Waals surface area contributed by atoms with Gasteiger partial charge in [0.25, 0.3) is 0 Å². The number of hydrogen-bond donors (Lipinski definition) is 0. The second-order valence-corrected chi connectivity index (χ2v) is 10.5. The van der Waals surface area contributed by atoms with Crippen LogP contribution >= 0.6 is 0 Å². The van der Waals surface area contributed by atoms with E-state index in [1.807, 2.05) is 19.9 Å². The number of hydrogen-bond acceptors (Lipinski definition) is 3. The van der Waals surface area contributed by atoms with Crippen LogP contribution in [0.1, 0.15) is 61.1 Å². The van der Waals surface area contributed by atoms with Crippen molar-refractivity contribution in [3.63, 3.8) is 0 Å². The Morgan fingerprint density at radius 3 is 1.95 bits per heavy atom. The average Bonchev–Trinajstić information content (AvgIpc) is 3.22. The molecule has 44 heavy (non-hydrogen) atoms. The topological polar surface area (TPSA) is 32.8 Å². The van der Waals surface area contributed by atoms with Crippen LogP contribution in [-0.2, 0) is 29.8 Å². The Kier molecular flexibility index (Phi) is 9.18. The second kappa shape index (κ2) is 12.2. The van der Waals surface area contributed by atoms with Crippen molar-refractivity contribution in [2.24, 2.45) is 0 Å². The monoisotopic (exact) mass is 632 g/mol. The molecule has 0 bridgehead atoms. The highest BCUT2D eigenvalue weighted by Gasteiger charge is 2.43. The van der Waals surface area contributed by atoms with E-state index in [1.54, 1.807) is 18.2 Å². The third kappa shape index (κ3) is 7.07. The number of amides is 1. The number of alkyl halides is 9. The van der Waals surface area contributed by atoms with Crippen molar-refractivity contribution in [2.45, 2.75) is 64.4 Å². The maximum absolute atomic E-state index is 13.7. The highest BCUT2D eigenvalue weighted by atomic mass is 19.4. The number of anilines is 1. The van der Waals surface area contributed by atoms with Crippen LogP contribution in [0.15, 0.2) is 60.7 Å². The Morgan fingerprint density at radius 1 is 0.795 bits per heavy atom. The lowest BCUT2D eigenvalue weighted by Crippen LogP contribution is -2.32. The third-order valence-electron chi connectivity index (χ3n) is 7.50. The molecule has 4 nitrogen and oxygen atoms in total. The van der Waals surface area contributed by atoms with Gasteiger partial charge >= 0.3 is 24.6 Å². The summed E-state index contributed by atoms with van der Waals surface area (Å²) < 4.78 is 127. The number of carbonyl (C=O) groups is 1. The Hall–Kier alpha value is -3.90. The van der Waals surface area contributed by atoms with Gasteiger partial charge < -0.3 is 9.64 Å². The van der Waals surface area contributed by atoms with Crippen LogP contribution in [0.2, 0.25) is 0 Å². The standard InChI is InChI=1S/C31H29F9N2O2/c1-4-11-41(5-2)25-8-6-7-19(15-25)26-10-9-22(29(32,33)34)14-21(26)17-42-18(3)27(44-28(42)43)20-12-23(30(35,36)37)16-24(13-20)31(38,39)40/h6-10,12-16,18,27H,4-5,11,17H2,1-3H3/t18-,27-/m0/s1. The summed E-state index contributed by atoms with van der Waals surface area (Å²) in [5.74, 6) is 0. The summed E-state index contributed by atoms with van der Waals surface area (Å²) in [6.45, 7) is 6.29. The van der Waals surface area contributed by atoms with E-state index in [4.69, 9.17) is 4.74 Å². The van der Waals surface area contributed by atoms with Gasteiger partial charge in [-0.05, 0) is 85.0 Å². The summed E-state index contributed by atoms with van der Waals surface area (Å²) in [6, 6.07) is 9.98. The highest BCUT2D eigenvalue weighted by Crippen LogP contribution is 2.42. The first kappa shape index (κ1) is 33.0. The van der Waals surface area contributed by atoms with Gasteiger partial charge in [-0.2, -0.15) is 39.5 Å². The van der Waals surface area contributed by atoms with Crippen LogP contribution in [0.3, 0.4) is 0 Å². The molecule has 1 saturated heterocycles. The lowest BCUT2D eigenvalue weighted by Gasteiger charge is -2.25. The van der Waals surface area contributed by atoms with Crippen molar-refractivity contribution >= 4 is 11.8 Å². The van der Waals surface area contributed by atoms with Gasteiger partial charge in [-0.3, -0.25) is 4.90 Å². The number of rotatable bonds is 8. The maximum atomic E-state index is 13.7. The summed E-state index contributed by atoms with van der Waals surface area (Å²) in [5, 5.41) is 0. The van der Waals surface area contributed by atoms with Gasteiger partial charge in [-0.15, -0.1) is 0 Å². The van der Waals surface area contributed by atoms with Gasteiger partial charge in [0.05, 0.1) is 29.3 Å². The van der Waals surface area contributed by atoms with Crippen molar-refractivity contribution < 1.29 is 49.0 Å². The van der Waals surface area contributed by atoms with Gasteiger partial charge in [0.2, 0.25) is 0 Å². The first-order valence-electron chi connectivity index (χ1n) is 13.8. The Bertz CT molecular complexity index is 1470.